The van der Waals surface area contributed by atoms with Crippen LogP contribution in [0.3, 0.4) is 0 Å². The Morgan fingerprint density at radius 1 is 1.00 bits per heavy atom. The lowest BCUT2D eigenvalue weighted by atomic mass is 10.0. The molecule has 1 N–H and O–H groups in total. The first-order chi connectivity index (χ1) is 13.3. The number of rotatable bonds is 6. The van der Waals surface area contributed by atoms with Gasteiger partial charge in [-0.1, -0.05) is 35.9 Å². The van der Waals surface area contributed by atoms with E-state index in [9.17, 15) is 0 Å². The average Bonchev–Trinajstić information content (AvgIpc) is 2.72. The fourth-order valence-electron chi connectivity index (χ4n) is 3.68. The standard InChI is InChI=1S/C21H25ClN2O3/c22-18-5-1-3-16(13-18)19(24-7-9-25-10-8-24)15-23-14-17-4-2-6-20-21(17)27-12-11-26-20/h1-6,13,19,23H,7-12,14-15H2. The molecule has 0 spiro atoms. The lowest BCUT2D eigenvalue weighted by Crippen LogP contribution is -2.42. The van der Waals surface area contributed by atoms with E-state index in [4.69, 9.17) is 25.8 Å². The largest absolute Gasteiger partial charge is 0.486 e. The second kappa shape index (κ2) is 8.93. The molecule has 1 fully saturated rings. The number of nitrogens with zero attached hydrogens (tertiary/aromatic N) is 1. The van der Waals surface area contributed by atoms with Gasteiger partial charge in [0.05, 0.1) is 13.2 Å². The van der Waals surface area contributed by atoms with Crippen LogP contribution in [0, 0.1) is 0 Å². The van der Waals surface area contributed by atoms with Crippen LogP contribution in [0.5, 0.6) is 11.5 Å². The van der Waals surface area contributed by atoms with Crippen LogP contribution in [-0.4, -0.2) is 51.0 Å². The van der Waals surface area contributed by atoms with Crippen molar-refractivity contribution >= 4 is 11.6 Å². The molecule has 27 heavy (non-hydrogen) atoms. The Morgan fingerprint density at radius 3 is 2.67 bits per heavy atom. The van der Waals surface area contributed by atoms with Crippen LogP contribution in [0.4, 0.5) is 0 Å². The predicted molar refractivity (Wildman–Crippen MR) is 106 cm³/mol. The number of ether oxygens (including phenoxy) is 3. The Hall–Kier alpha value is -1.79. The first kappa shape index (κ1) is 18.6. The molecule has 0 radical (unpaired) electrons. The van der Waals surface area contributed by atoms with Gasteiger partial charge in [0, 0.05) is 42.8 Å². The second-order valence-electron chi connectivity index (χ2n) is 6.79. The highest BCUT2D eigenvalue weighted by molar-refractivity contribution is 6.30. The van der Waals surface area contributed by atoms with Gasteiger partial charge in [0.25, 0.3) is 0 Å². The van der Waals surface area contributed by atoms with Crippen LogP contribution in [0.1, 0.15) is 17.2 Å². The number of benzene rings is 2. The number of para-hydroxylation sites is 1. The third-order valence-electron chi connectivity index (χ3n) is 5.02. The Labute approximate surface area is 165 Å². The van der Waals surface area contributed by atoms with Gasteiger partial charge in [0.2, 0.25) is 0 Å². The van der Waals surface area contributed by atoms with Crippen molar-refractivity contribution in [1.29, 1.82) is 0 Å². The van der Waals surface area contributed by atoms with Crippen LogP contribution < -0.4 is 14.8 Å². The topological polar surface area (TPSA) is 43.0 Å². The zero-order valence-electron chi connectivity index (χ0n) is 15.3. The molecule has 0 bridgehead atoms. The van der Waals surface area contributed by atoms with Gasteiger partial charge >= 0.3 is 0 Å². The van der Waals surface area contributed by atoms with Gasteiger partial charge in [-0.05, 0) is 23.8 Å². The molecule has 1 unspecified atom stereocenters. The van der Waals surface area contributed by atoms with E-state index in [1.54, 1.807) is 0 Å². The smallest absolute Gasteiger partial charge is 0.165 e. The van der Waals surface area contributed by atoms with E-state index in [2.05, 4.69) is 28.4 Å². The summed E-state index contributed by atoms with van der Waals surface area (Å²) < 4.78 is 17.0. The number of morpholine rings is 1. The monoisotopic (exact) mass is 388 g/mol. The van der Waals surface area contributed by atoms with Crippen LogP contribution in [-0.2, 0) is 11.3 Å². The molecule has 6 heteroatoms. The van der Waals surface area contributed by atoms with Crippen molar-refractivity contribution < 1.29 is 14.2 Å². The molecule has 144 valence electrons. The summed E-state index contributed by atoms with van der Waals surface area (Å²) in [6.45, 7) is 6.16. The lowest BCUT2D eigenvalue weighted by Gasteiger charge is -2.35. The summed E-state index contributed by atoms with van der Waals surface area (Å²) in [4.78, 5) is 2.46. The SMILES string of the molecule is Clc1cccc(C(CNCc2cccc3c2OCCO3)N2CCOCC2)c1. The maximum atomic E-state index is 6.24. The Morgan fingerprint density at radius 2 is 1.81 bits per heavy atom. The van der Waals surface area contributed by atoms with Crippen LogP contribution in [0.25, 0.3) is 0 Å². The molecule has 2 heterocycles. The van der Waals surface area contributed by atoms with E-state index in [1.165, 1.54) is 5.56 Å². The minimum atomic E-state index is 0.254. The van der Waals surface area contributed by atoms with Gasteiger partial charge in [-0.2, -0.15) is 0 Å². The van der Waals surface area contributed by atoms with Crippen molar-refractivity contribution in [2.75, 3.05) is 46.1 Å². The van der Waals surface area contributed by atoms with E-state index >= 15 is 0 Å². The van der Waals surface area contributed by atoms with Crippen molar-refractivity contribution in [1.82, 2.24) is 10.2 Å². The van der Waals surface area contributed by atoms with Crippen molar-refractivity contribution in [3.8, 4) is 11.5 Å². The van der Waals surface area contributed by atoms with Gasteiger partial charge in [0.1, 0.15) is 13.2 Å². The summed E-state index contributed by atoms with van der Waals surface area (Å²) in [5.41, 5.74) is 2.35. The summed E-state index contributed by atoms with van der Waals surface area (Å²) in [5.74, 6) is 1.70. The molecule has 1 atom stereocenters. The molecule has 2 aromatic rings. The summed E-state index contributed by atoms with van der Waals surface area (Å²) in [6.07, 6.45) is 0. The highest BCUT2D eigenvalue weighted by Crippen LogP contribution is 2.33. The molecule has 2 aromatic carbocycles. The van der Waals surface area contributed by atoms with E-state index in [1.807, 2.05) is 24.3 Å². The first-order valence-electron chi connectivity index (χ1n) is 9.47. The third kappa shape index (κ3) is 4.55. The van der Waals surface area contributed by atoms with Crippen LogP contribution in [0.2, 0.25) is 5.02 Å². The molecule has 1 saturated heterocycles. The first-order valence-corrected chi connectivity index (χ1v) is 9.84. The minimum absolute atomic E-state index is 0.254. The summed E-state index contributed by atoms with van der Waals surface area (Å²) in [7, 11) is 0. The van der Waals surface area contributed by atoms with E-state index in [-0.39, 0.29) is 6.04 Å². The number of nitrogens with one attached hydrogen (secondary N) is 1. The summed E-state index contributed by atoms with van der Waals surface area (Å²) in [5, 5.41) is 4.38. The quantitative estimate of drug-likeness (QED) is 0.822. The molecular formula is C21H25ClN2O3. The number of hydrogen-bond acceptors (Lipinski definition) is 5. The highest BCUT2D eigenvalue weighted by Gasteiger charge is 2.23. The summed E-state index contributed by atoms with van der Waals surface area (Å²) in [6, 6.07) is 14.5. The molecule has 2 aliphatic heterocycles. The van der Waals surface area contributed by atoms with E-state index < -0.39 is 0 Å². The number of halogens is 1. The third-order valence-corrected chi connectivity index (χ3v) is 5.26. The fourth-order valence-corrected chi connectivity index (χ4v) is 3.88. The molecule has 2 aliphatic rings. The number of fused-ring (bicyclic) bond motifs is 1. The Kier molecular flexibility index (Phi) is 6.14. The normalized spacial score (nSPS) is 18.3. The van der Waals surface area contributed by atoms with Crippen LogP contribution >= 0.6 is 11.6 Å². The highest BCUT2D eigenvalue weighted by atomic mass is 35.5. The molecule has 4 rings (SSSR count). The van der Waals surface area contributed by atoms with Crippen molar-refractivity contribution in [3.05, 3.63) is 58.6 Å². The average molecular weight is 389 g/mol. The van der Waals surface area contributed by atoms with Crippen molar-refractivity contribution in [2.24, 2.45) is 0 Å². The zero-order chi connectivity index (χ0) is 18.5. The summed E-state index contributed by atoms with van der Waals surface area (Å²) >= 11 is 6.24. The molecule has 0 aliphatic carbocycles. The fraction of sp³-hybridized carbons (Fsp3) is 0.429. The van der Waals surface area contributed by atoms with Crippen molar-refractivity contribution in [2.45, 2.75) is 12.6 Å². The van der Waals surface area contributed by atoms with Gasteiger partial charge < -0.3 is 19.5 Å². The minimum Gasteiger partial charge on any atom is -0.486 e. The van der Waals surface area contributed by atoms with Gasteiger partial charge in [-0.25, -0.2) is 0 Å². The van der Waals surface area contributed by atoms with Gasteiger partial charge in [-0.15, -0.1) is 0 Å². The second-order valence-corrected chi connectivity index (χ2v) is 7.23. The molecular weight excluding hydrogens is 364 g/mol. The van der Waals surface area contributed by atoms with E-state index in [0.717, 1.165) is 61.5 Å². The maximum absolute atomic E-state index is 6.24. The van der Waals surface area contributed by atoms with E-state index in [0.29, 0.717) is 13.2 Å². The molecule has 0 saturated carbocycles. The lowest BCUT2D eigenvalue weighted by molar-refractivity contribution is 0.0161. The van der Waals surface area contributed by atoms with Gasteiger partial charge in [-0.3, -0.25) is 4.90 Å². The zero-order valence-corrected chi connectivity index (χ0v) is 16.1. The predicted octanol–water partition coefficient (Wildman–Crippen LogP) is 3.27. The van der Waals surface area contributed by atoms with Gasteiger partial charge in [0.15, 0.2) is 11.5 Å². The van der Waals surface area contributed by atoms with Crippen molar-refractivity contribution in [3.63, 3.8) is 0 Å². The molecule has 0 amide bonds. The van der Waals surface area contributed by atoms with Crippen LogP contribution in [0.15, 0.2) is 42.5 Å². The molecule has 5 nitrogen and oxygen atoms in total. The number of hydrogen-bond donors (Lipinski definition) is 1. The Balaban J connectivity index is 1.46. The molecule has 0 aromatic heterocycles. The Bertz CT molecular complexity index is 765. The maximum Gasteiger partial charge on any atom is 0.165 e.